The highest BCUT2D eigenvalue weighted by Gasteiger charge is 2.83. The van der Waals surface area contributed by atoms with Crippen LogP contribution in [0.4, 0.5) is 0 Å². The van der Waals surface area contributed by atoms with E-state index in [9.17, 15) is 25.2 Å². The van der Waals surface area contributed by atoms with Crippen LogP contribution < -0.4 is 0 Å². The zero-order valence-corrected chi connectivity index (χ0v) is 17.1. The molecule has 9 atom stereocenters. The number of hydrogen-bond donors (Lipinski definition) is 4. The average Bonchev–Trinajstić information content (AvgIpc) is 2.85. The number of carbonyl (C=O) groups is 1. The van der Waals surface area contributed by atoms with Crippen LogP contribution in [0.1, 0.15) is 40.0 Å². The Kier molecular flexibility index (Phi) is 3.74. The average molecular weight is 406 g/mol. The largest absolute Gasteiger partial charge is 0.462 e. The maximum atomic E-state index is 12.0. The molecule has 3 saturated carbocycles. The molecule has 2 saturated heterocycles. The number of fused-ring (bicyclic) bond motifs is 2. The fourth-order valence-electron chi connectivity index (χ4n) is 7.67. The van der Waals surface area contributed by atoms with Crippen molar-refractivity contribution >= 4 is 5.97 Å². The van der Waals surface area contributed by atoms with Crippen LogP contribution in [0.2, 0.25) is 0 Å². The van der Waals surface area contributed by atoms with E-state index in [1.807, 2.05) is 13.8 Å². The molecular formula is C22H30O7. The Bertz CT molecular complexity index is 833. The van der Waals surface area contributed by atoms with E-state index >= 15 is 0 Å². The molecule has 0 aromatic carbocycles. The summed E-state index contributed by atoms with van der Waals surface area (Å²) in [6.45, 7) is 9.46. The second kappa shape index (κ2) is 5.51. The predicted octanol–water partition coefficient (Wildman–Crippen LogP) is 0.658. The highest BCUT2D eigenvalue weighted by molar-refractivity contribution is 5.66. The molecule has 2 spiro atoms. The van der Waals surface area contributed by atoms with Gasteiger partial charge in [-0.1, -0.05) is 26.5 Å². The van der Waals surface area contributed by atoms with Crippen LogP contribution in [-0.4, -0.2) is 63.2 Å². The van der Waals surface area contributed by atoms with E-state index < -0.39 is 58.8 Å². The van der Waals surface area contributed by atoms with Gasteiger partial charge in [0, 0.05) is 18.8 Å². The van der Waals surface area contributed by atoms with E-state index in [2.05, 4.69) is 6.58 Å². The standard InChI is InChI=1S/C22H30O7/c1-10-12-8-21(17(10)25)14(7-13(12)24)20-9-28-22(21,27)18(26)16(20)19(3,4)6-5-15(20)29-11(2)23/h7,12-13,15-18,24-27H,1,5-6,8-9H2,2-4H3/t12-,13+,15+,16-,17-,18+,20-,21+,22+/m1/s1. The van der Waals surface area contributed by atoms with Crippen LogP contribution in [0.5, 0.6) is 0 Å². The molecule has 160 valence electrons. The van der Waals surface area contributed by atoms with Crippen molar-refractivity contribution < 1.29 is 34.7 Å². The molecule has 4 bridgehead atoms. The number of aliphatic hydroxyl groups excluding tert-OH is 3. The second-order valence-corrected chi connectivity index (χ2v) is 10.4. The maximum absolute atomic E-state index is 12.0. The summed E-state index contributed by atoms with van der Waals surface area (Å²) in [5.41, 5.74) is -1.53. The van der Waals surface area contributed by atoms with Crippen molar-refractivity contribution in [3.8, 4) is 0 Å². The summed E-state index contributed by atoms with van der Waals surface area (Å²) in [6.07, 6.45) is -0.678. The van der Waals surface area contributed by atoms with Crippen molar-refractivity contribution in [1.82, 2.24) is 0 Å². The summed E-state index contributed by atoms with van der Waals surface area (Å²) < 4.78 is 11.7. The smallest absolute Gasteiger partial charge is 0.302 e. The number of ether oxygens (including phenoxy) is 2. The minimum absolute atomic E-state index is 0.0524. The van der Waals surface area contributed by atoms with E-state index in [0.29, 0.717) is 24.0 Å². The van der Waals surface area contributed by atoms with Gasteiger partial charge in [0.05, 0.1) is 29.6 Å². The molecule has 6 aliphatic rings. The molecule has 29 heavy (non-hydrogen) atoms. The van der Waals surface area contributed by atoms with Crippen LogP contribution in [0, 0.1) is 28.1 Å². The number of aliphatic hydroxyl groups is 4. The van der Waals surface area contributed by atoms with Crippen molar-refractivity contribution in [2.45, 2.75) is 70.2 Å². The SMILES string of the molecule is C=C1[C@H]2C[C@]3(C(=C[C@@H]2O)[C@@]24CO[C@@]3(O)[C@@H](O)[C@@H]2C(C)(C)CC[C@@H]4OC(C)=O)[C@@H]1O. The molecule has 7 nitrogen and oxygen atoms in total. The van der Waals surface area contributed by atoms with E-state index in [1.54, 1.807) is 6.08 Å². The van der Waals surface area contributed by atoms with Crippen LogP contribution in [0.3, 0.4) is 0 Å². The van der Waals surface area contributed by atoms with Crippen molar-refractivity contribution in [3.63, 3.8) is 0 Å². The first-order valence-electron chi connectivity index (χ1n) is 10.4. The van der Waals surface area contributed by atoms with E-state index in [1.165, 1.54) is 6.92 Å². The molecule has 5 fully saturated rings. The van der Waals surface area contributed by atoms with Gasteiger partial charge in [0.25, 0.3) is 0 Å². The molecule has 0 aromatic heterocycles. The fourth-order valence-corrected chi connectivity index (χ4v) is 7.67. The molecule has 6 rings (SSSR count). The van der Waals surface area contributed by atoms with Crippen molar-refractivity contribution in [3.05, 3.63) is 23.8 Å². The van der Waals surface area contributed by atoms with Gasteiger partial charge in [0.15, 0.2) is 0 Å². The van der Waals surface area contributed by atoms with Gasteiger partial charge in [-0.15, -0.1) is 0 Å². The van der Waals surface area contributed by atoms with Crippen LogP contribution in [0.25, 0.3) is 0 Å². The number of rotatable bonds is 1. The molecule has 2 aliphatic heterocycles. The molecule has 4 aliphatic carbocycles. The molecule has 0 unspecified atom stereocenters. The lowest BCUT2D eigenvalue weighted by Gasteiger charge is -2.73. The Hall–Kier alpha value is -1.25. The van der Waals surface area contributed by atoms with Gasteiger partial charge in [0.1, 0.15) is 12.2 Å². The first-order chi connectivity index (χ1) is 13.4. The van der Waals surface area contributed by atoms with Crippen LogP contribution in [0.15, 0.2) is 23.8 Å². The predicted molar refractivity (Wildman–Crippen MR) is 101 cm³/mol. The summed E-state index contributed by atoms with van der Waals surface area (Å²) in [4.78, 5) is 12.0. The zero-order chi connectivity index (χ0) is 21.1. The zero-order valence-electron chi connectivity index (χ0n) is 17.1. The van der Waals surface area contributed by atoms with Crippen LogP contribution >= 0.6 is 0 Å². The fraction of sp³-hybridized carbons (Fsp3) is 0.773. The van der Waals surface area contributed by atoms with Crippen LogP contribution in [-0.2, 0) is 14.3 Å². The third kappa shape index (κ3) is 1.95. The molecule has 7 heteroatoms. The first kappa shape index (κ1) is 19.7. The molecular weight excluding hydrogens is 376 g/mol. The number of hydrogen-bond acceptors (Lipinski definition) is 7. The Morgan fingerprint density at radius 3 is 2.66 bits per heavy atom. The second-order valence-electron chi connectivity index (χ2n) is 10.4. The van der Waals surface area contributed by atoms with Crippen molar-refractivity contribution in [2.24, 2.45) is 28.1 Å². The summed E-state index contributed by atoms with van der Waals surface area (Å²) in [5, 5.41) is 45.4. The van der Waals surface area contributed by atoms with Gasteiger partial charge in [0.2, 0.25) is 5.79 Å². The summed E-state index contributed by atoms with van der Waals surface area (Å²) in [6, 6.07) is 0. The van der Waals surface area contributed by atoms with E-state index in [-0.39, 0.29) is 18.4 Å². The number of esters is 1. The van der Waals surface area contributed by atoms with Crippen molar-refractivity contribution in [2.75, 3.05) is 6.61 Å². The Morgan fingerprint density at radius 1 is 1.31 bits per heavy atom. The highest BCUT2D eigenvalue weighted by atomic mass is 16.6. The lowest BCUT2D eigenvalue weighted by Crippen LogP contribution is -2.81. The maximum Gasteiger partial charge on any atom is 0.302 e. The van der Waals surface area contributed by atoms with E-state index in [0.717, 1.165) is 0 Å². The number of carbonyl (C=O) groups excluding carboxylic acids is 1. The lowest BCUT2D eigenvalue weighted by atomic mass is 9.38. The third-order valence-electron chi connectivity index (χ3n) is 8.79. The van der Waals surface area contributed by atoms with Gasteiger partial charge in [-0.2, -0.15) is 0 Å². The Balaban J connectivity index is 1.81. The summed E-state index contributed by atoms with van der Waals surface area (Å²) >= 11 is 0. The monoisotopic (exact) mass is 406 g/mol. The first-order valence-corrected chi connectivity index (χ1v) is 10.4. The van der Waals surface area contributed by atoms with Gasteiger partial charge < -0.3 is 29.9 Å². The Morgan fingerprint density at radius 2 is 2.00 bits per heavy atom. The van der Waals surface area contributed by atoms with Gasteiger partial charge in [-0.05, 0) is 35.8 Å². The highest BCUT2D eigenvalue weighted by Crippen LogP contribution is 2.76. The normalized spacial score (nSPS) is 54.4. The van der Waals surface area contributed by atoms with Gasteiger partial charge >= 0.3 is 5.97 Å². The quantitative estimate of drug-likeness (QED) is 0.373. The minimum Gasteiger partial charge on any atom is -0.462 e. The van der Waals surface area contributed by atoms with Crippen molar-refractivity contribution in [1.29, 1.82) is 0 Å². The minimum atomic E-state index is -2.00. The molecule has 4 N–H and O–H groups in total. The molecule has 0 amide bonds. The summed E-state index contributed by atoms with van der Waals surface area (Å²) in [5.74, 6) is -3.32. The Labute approximate surface area is 170 Å². The van der Waals surface area contributed by atoms with Gasteiger partial charge in [-0.3, -0.25) is 4.79 Å². The molecule has 0 aromatic rings. The topological polar surface area (TPSA) is 116 Å². The lowest BCUT2D eigenvalue weighted by molar-refractivity contribution is -0.419. The molecule has 0 radical (unpaired) electrons. The molecule has 2 heterocycles. The third-order valence-corrected chi connectivity index (χ3v) is 8.79. The summed E-state index contributed by atoms with van der Waals surface area (Å²) in [7, 11) is 0. The van der Waals surface area contributed by atoms with Gasteiger partial charge in [-0.25, -0.2) is 0 Å². The van der Waals surface area contributed by atoms with E-state index in [4.69, 9.17) is 9.47 Å².